The summed E-state index contributed by atoms with van der Waals surface area (Å²) in [5, 5.41) is 6.98. The molecule has 1 N–H and O–H groups in total. The van der Waals surface area contributed by atoms with Crippen molar-refractivity contribution in [2.24, 2.45) is 0 Å². The Bertz CT molecular complexity index is 1090. The van der Waals surface area contributed by atoms with Crippen molar-refractivity contribution in [1.82, 2.24) is 29.7 Å². The molecule has 0 saturated carbocycles. The second-order valence-electron chi connectivity index (χ2n) is 5.78. The number of aromatic nitrogens is 6. The van der Waals surface area contributed by atoms with Crippen LogP contribution in [-0.2, 0) is 0 Å². The average molecular weight is 357 g/mol. The third-order valence-corrected chi connectivity index (χ3v) is 3.81. The summed E-state index contributed by atoms with van der Waals surface area (Å²) in [4.78, 5) is 29.7. The quantitative estimate of drug-likeness (QED) is 0.603. The topological polar surface area (TPSA) is 98.5 Å². The normalized spacial score (nSPS) is 10.6. The summed E-state index contributed by atoms with van der Waals surface area (Å²) in [5.41, 5.74) is 2.77. The number of amides is 1. The maximum atomic E-state index is 12.7. The van der Waals surface area contributed by atoms with Gasteiger partial charge in [-0.15, -0.1) is 0 Å². The number of aryl methyl sites for hydroxylation is 1. The van der Waals surface area contributed by atoms with Gasteiger partial charge >= 0.3 is 0 Å². The minimum absolute atomic E-state index is 0.335. The Labute approximate surface area is 155 Å². The molecular weight excluding hydrogens is 342 g/mol. The summed E-state index contributed by atoms with van der Waals surface area (Å²) >= 11 is 0. The molecule has 0 aliphatic heterocycles. The van der Waals surface area contributed by atoms with E-state index >= 15 is 0 Å². The number of hydrogen-bond acceptors (Lipinski definition) is 6. The highest BCUT2D eigenvalue weighted by atomic mass is 16.2. The van der Waals surface area contributed by atoms with Gasteiger partial charge in [-0.3, -0.25) is 14.8 Å². The van der Waals surface area contributed by atoms with Crippen LogP contribution in [0.2, 0.25) is 0 Å². The largest absolute Gasteiger partial charge is 0.305 e. The lowest BCUT2D eigenvalue weighted by Crippen LogP contribution is -2.18. The number of nitrogens with zero attached hydrogens (tertiary/aromatic N) is 6. The Kier molecular flexibility index (Phi) is 4.36. The molecule has 0 aromatic carbocycles. The summed E-state index contributed by atoms with van der Waals surface area (Å²) in [6.45, 7) is 1.97. The van der Waals surface area contributed by atoms with Crippen LogP contribution < -0.4 is 5.32 Å². The lowest BCUT2D eigenvalue weighted by Gasteiger charge is -2.08. The maximum Gasteiger partial charge on any atom is 0.275 e. The van der Waals surface area contributed by atoms with Gasteiger partial charge in [0.05, 0.1) is 18.1 Å². The Morgan fingerprint density at radius 1 is 1.04 bits per heavy atom. The molecule has 4 rings (SSSR count). The standard InChI is InChI=1S/C19H15N7O/c1-13-4-8-21-15(11-13)18-22-9-6-17(24-18)25-19(27)16-5-10-23-26(16)14-3-2-7-20-12-14/h2-12H,1H3,(H,22,24,25,27). The second kappa shape index (κ2) is 7.12. The molecule has 8 nitrogen and oxygen atoms in total. The molecule has 132 valence electrons. The van der Waals surface area contributed by atoms with Crippen molar-refractivity contribution in [2.75, 3.05) is 5.32 Å². The van der Waals surface area contributed by atoms with E-state index < -0.39 is 0 Å². The number of anilines is 1. The molecule has 4 aromatic heterocycles. The summed E-state index contributed by atoms with van der Waals surface area (Å²) in [6, 6.07) is 10.6. The van der Waals surface area contributed by atoms with E-state index in [0.717, 1.165) is 5.56 Å². The Morgan fingerprint density at radius 2 is 1.93 bits per heavy atom. The molecule has 27 heavy (non-hydrogen) atoms. The zero-order valence-electron chi connectivity index (χ0n) is 14.4. The highest BCUT2D eigenvalue weighted by Gasteiger charge is 2.15. The number of carbonyl (C=O) groups is 1. The lowest BCUT2D eigenvalue weighted by molar-refractivity contribution is 0.101. The van der Waals surface area contributed by atoms with Crippen LogP contribution >= 0.6 is 0 Å². The van der Waals surface area contributed by atoms with Gasteiger partial charge in [0.2, 0.25) is 0 Å². The van der Waals surface area contributed by atoms with E-state index in [-0.39, 0.29) is 5.91 Å². The smallest absolute Gasteiger partial charge is 0.275 e. The van der Waals surface area contributed by atoms with Gasteiger partial charge in [0, 0.05) is 18.6 Å². The molecule has 0 bridgehead atoms. The summed E-state index contributed by atoms with van der Waals surface area (Å²) in [7, 11) is 0. The van der Waals surface area contributed by atoms with Crippen molar-refractivity contribution in [3.05, 3.63) is 78.6 Å². The number of rotatable bonds is 4. The molecular formula is C19H15N7O. The van der Waals surface area contributed by atoms with E-state index in [1.54, 1.807) is 49.2 Å². The third kappa shape index (κ3) is 3.54. The zero-order valence-corrected chi connectivity index (χ0v) is 14.4. The Hall–Kier alpha value is -3.94. The summed E-state index contributed by atoms with van der Waals surface area (Å²) < 4.78 is 1.52. The first kappa shape index (κ1) is 16.5. The molecule has 1 amide bonds. The minimum Gasteiger partial charge on any atom is -0.305 e. The molecule has 0 aliphatic carbocycles. The fourth-order valence-corrected chi connectivity index (χ4v) is 2.55. The van der Waals surface area contributed by atoms with E-state index in [0.29, 0.717) is 28.7 Å². The molecule has 0 saturated heterocycles. The first-order valence-electron chi connectivity index (χ1n) is 8.22. The van der Waals surface area contributed by atoms with Crippen LogP contribution in [-0.4, -0.2) is 35.6 Å². The van der Waals surface area contributed by atoms with Crippen molar-refractivity contribution >= 4 is 11.7 Å². The molecule has 0 spiro atoms. The van der Waals surface area contributed by atoms with Crippen LogP contribution in [0.25, 0.3) is 17.2 Å². The fourth-order valence-electron chi connectivity index (χ4n) is 2.55. The Balaban J connectivity index is 1.60. The SMILES string of the molecule is Cc1ccnc(-c2nccc(NC(=O)c3ccnn3-c3cccnc3)n2)c1. The summed E-state index contributed by atoms with van der Waals surface area (Å²) in [6.07, 6.45) is 8.14. The van der Waals surface area contributed by atoms with Gasteiger partial charge < -0.3 is 5.32 Å². The zero-order chi connectivity index (χ0) is 18.6. The highest BCUT2D eigenvalue weighted by molar-refractivity contribution is 6.02. The second-order valence-corrected chi connectivity index (χ2v) is 5.78. The van der Waals surface area contributed by atoms with E-state index in [4.69, 9.17) is 0 Å². The molecule has 0 unspecified atom stereocenters. The predicted octanol–water partition coefficient (Wildman–Crippen LogP) is 2.68. The molecule has 8 heteroatoms. The number of pyridine rings is 2. The Morgan fingerprint density at radius 3 is 2.74 bits per heavy atom. The molecule has 0 radical (unpaired) electrons. The van der Waals surface area contributed by atoms with Crippen LogP contribution in [0.15, 0.2) is 67.4 Å². The van der Waals surface area contributed by atoms with Gasteiger partial charge in [0.15, 0.2) is 5.82 Å². The van der Waals surface area contributed by atoms with E-state index in [1.807, 2.05) is 25.1 Å². The van der Waals surface area contributed by atoms with Crippen LogP contribution in [0.3, 0.4) is 0 Å². The molecule has 4 aromatic rings. The number of hydrogen-bond donors (Lipinski definition) is 1. The van der Waals surface area contributed by atoms with Gasteiger partial charge in [-0.2, -0.15) is 5.10 Å². The molecule has 4 heterocycles. The molecule has 0 fully saturated rings. The van der Waals surface area contributed by atoms with Crippen molar-refractivity contribution in [3.8, 4) is 17.2 Å². The molecule has 0 aliphatic rings. The minimum atomic E-state index is -0.335. The van der Waals surface area contributed by atoms with Crippen molar-refractivity contribution in [1.29, 1.82) is 0 Å². The van der Waals surface area contributed by atoms with Crippen LogP contribution in [0.5, 0.6) is 0 Å². The van der Waals surface area contributed by atoms with Gasteiger partial charge in [-0.25, -0.2) is 14.6 Å². The van der Waals surface area contributed by atoms with Crippen molar-refractivity contribution in [2.45, 2.75) is 6.92 Å². The van der Waals surface area contributed by atoms with E-state index in [1.165, 1.54) is 4.68 Å². The third-order valence-electron chi connectivity index (χ3n) is 3.81. The average Bonchev–Trinajstić information content (AvgIpc) is 3.19. The number of carbonyl (C=O) groups excluding carboxylic acids is 1. The monoisotopic (exact) mass is 357 g/mol. The first-order chi connectivity index (χ1) is 13.2. The van der Waals surface area contributed by atoms with Crippen LogP contribution in [0.1, 0.15) is 16.1 Å². The van der Waals surface area contributed by atoms with Crippen molar-refractivity contribution < 1.29 is 4.79 Å². The van der Waals surface area contributed by atoms with Gasteiger partial charge in [-0.05, 0) is 48.9 Å². The van der Waals surface area contributed by atoms with Crippen LogP contribution in [0.4, 0.5) is 5.82 Å². The molecule has 0 atom stereocenters. The van der Waals surface area contributed by atoms with Gasteiger partial charge in [0.25, 0.3) is 5.91 Å². The van der Waals surface area contributed by atoms with Gasteiger partial charge in [-0.1, -0.05) is 0 Å². The highest BCUT2D eigenvalue weighted by Crippen LogP contribution is 2.16. The van der Waals surface area contributed by atoms with Gasteiger partial charge in [0.1, 0.15) is 17.2 Å². The predicted molar refractivity (Wildman–Crippen MR) is 99.3 cm³/mol. The lowest BCUT2D eigenvalue weighted by atomic mass is 10.2. The first-order valence-corrected chi connectivity index (χ1v) is 8.22. The van der Waals surface area contributed by atoms with Crippen LogP contribution in [0, 0.1) is 6.92 Å². The van der Waals surface area contributed by atoms with Crippen molar-refractivity contribution in [3.63, 3.8) is 0 Å². The van der Waals surface area contributed by atoms with E-state index in [2.05, 4.69) is 30.4 Å². The summed E-state index contributed by atoms with van der Waals surface area (Å²) in [5.74, 6) is 0.489. The van der Waals surface area contributed by atoms with E-state index in [9.17, 15) is 4.79 Å². The fraction of sp³-hybridized carbons (Fsp3) is 0.0526. The number of nitrogens with one attached hydrogen (secondary N) is 1. The maximum absolute atomic E-state index is 12.7.